The van der Waals surface area contributed by atoms with E-state index in [4.69, 9.17) is 37.9 Å². The van der Waals surface area contributed by atoms with Gasteiger partial charge in [-0.25, -0.2) is 19.2 Å². The van der Waals surface area contributed by atoms with Gasteiger partial charge in [-0.05, 0) is 79.9 Å². The van der Waals surface area contributed by atoms with Crippen LogP contribution in [-0.2, 0) is 38.1 Å². The third kappa shape index (κ3) is 12.1. The zero-order valence-corrected chi connectivity index (χ0v) is 29.0. The Bertz CT molecular complexity index is 2030. The number of hydrogen-bond acceptors (Lipinski definition) is 12. The predicted octanol–water partition coefficient (Wildman–Crippen LogP) is 8.38. The summed E-state index contributed by atoms with van der Waals surface area (Å²) in [6, 6.07) is 14.0. The molecule has 3 aromatic carbocycles. The standard InChI is InChI=1S/C40H36O12/c1-25(2)37(41)49-17-13-45-33-12-11-30(22-34(33)46-14-18-50-38(42)26(3)4)29-9-10-31-23-35(47-15-19-51-39(43)27(5)6)36(24-32(31)21-29)48-16-20-52-40(44)28(7)8/h9-24H,1,3,5,7H2,2,4,6,8H3. The second-order valence-electron chi connectivity index (χ2n) is 10.8. The highest BCUT2D eigenvalue weighted by atomic mass is 16.6. The second kappa shape index (κ2) is 19.2. The molecule has 0 heterocycles. The number of ether oxygens (including phenoxy) is 8. The molecule has 0 atom stereocenters. The minimum Gasteiger partial charge on any atom is -0.458 e. The molecule has 0 saturated heterocycles. The summed E-state index contributed by atoms with van der Waals surface area (Å²) in [6.45, 7) is 20.1. The SMILES string of the molecule is C=C(C)C(=O)OC=COc1ccc(-c2ccc3cc(OC=COC(=O)C(=C)C)c(OC=COC(=O)C(=C)C)cc3c2)cc1OC=COC(=O)C(=C)C. The average Bonchev–Trinajstić information content (AvgIpc) is 3.11. The lowest BCUT2D eigenvalue weighted by Gasteiger charge is -2.12. The van der Waals surface area contributed by atoms with Crippen LogP contribution in [0.25, 0.3) is 21.9 Å². The first-order valence-electron chi connectivity index (χ1n) is 15.2. The number of carbonyl (C=O) groups is 4. The van der Waals surface area contributed by atoms with E-state index < -0.39 is 23.9 Å². The monoisotopic (exact) mass is 708 g/mol. The Morgan fingerprint density at radius 1 is 0.404 bits per heavy atom. The van der Waals surface area contributed by atoms with Crippen LogP contribution in [0, 0.1) is 0 Å². The van der Waals surface area contributed by atoms with E-state index in [0.29, 0.717) is 5.56 Å². The van der Waals surface area contributed by atoms with Crippen LogP contribution >= 0.6 is 0 Å². The Morgan fingerprint density at radius 2 is 0.731 bits per heavy atom. The van der Waals surface area contributed by atoms with E-state index in [-0.39, 0.29) is 45.3 Å². The van der Waals surface area contributed by atoms with Crippen molar-refractivity contribution in [2.24, 2.45) is 0 Å². The molecule has 52 heavy (non-hydrogen) atoms. The first-order chi connectivity index (χ1) is 24.8. The maximum absolute atomic E-state index is 11.8. The van der Waals surface area contributed by atoms with Crippen LogP contribution in [0.15, 0.2) is 147 Å². The number of rotatable bonds is 17. The van der Waals surface area contributed by atoms with E-state index in [1.807, 2.05) is 18.2 Å². The Kier molecular flexibility index (Phi) is 14.5. The van der Waals surface area contributed by atoms with Crippen LogP contribution in [0.5, 0.6) is 23.0 Å². The van der Waals surface area contributed by atoms with E-state index in [1.165, 1.54) is 27.7 Å². The fraction of sp³-hybridized carbons (Fsp3) is 0.100. The third-order valence-electron chi connectivity index (χ3n) is 6.28. The molecule has 0 aromatic heterocycles. The molecule has 0 N–H and O–H groups in total. The highest BCUT2D eigenvalue weighted by Crippen LogP contribution is 2.37. The van der Waals surface area contributed by atoms with Crippen molar-refractivity contribution < 1.29 is 57.1 Å². The number of carbonyl (C=O) groups excluding carboxylic acids is 4. The molecule has 0 saturated carbocycles. The number of benzene rings is 3. The fourth-order valence-electron chi connectivity index (χ4n) is 3.66. The minimum absolute atomic E-state index is 0.205. The normalized spacial score (nSPS) is 11.0. The highest BCUT2D eigenvalue weighted by molar-refractivity contribution is 5.91. The summed E-state index contributed by atoms with van der Waals surface area (Å²) in [6.07, 6.45) is 8.86. The van der Waals surface area contributed by atoms with Gasteiger partial charge in [0.25, 0.3) is 0 Å². The number of esters is 4. The van der Waals surface area contributed by atoms with Crippen molar-refractivity contribution in [2.45, 2.75) is 27.7 Å². The number of fused-ring (bicyclic) bond motifs is 1. The van der Waals surface area contributed by atoms with Crippen LogP contribution in [0.4, 0.5) is 0 Å². The maximum atomic E-state index is 11.8. The zero-order chi connectivity index (χ0) is 38.2. The lowest BCUT2D eigenvalue weighted by atomic mass is 10.0. The molecule has 0 aliphatic heterocycles. The molecule has 3 aromatic rings. The lowest BCUT2D eigenvalue weighted by molar-refractivity contribution is -0.134. The van der Waals surface area contributed by atoms with Gasteiger partial charge < -0.3 is 37.9 Å². The van der Waals surface area contributed by atoms with Gasteiger partial charge in [0.15, 0.2) is 23.0 Å². The van der Waals surface area contributed by atoms with Crippen LogP contribution in [0.2, 0.25) is 0 Å². The quantitative estimate of drug-likeness (QED) is 0.0575. The molecule has 0 aliphatic rings. The lowest BCUT2D eigenvalue weighted by Crippen LogP contribution is -2.00. The van der Waals surface area contributed by atoms with Gasteiger partial charge in [0, 0.05) is 22.3 Å². The molecule has 0 aliphatic carbocycles. The second-order valence-corrected chi connectivity index (χ2v) is 10.8. The smallest absolute Gasteiger partial charge is 0.338 e. The van der Waals surface area contributed by atoms with E-state index in [0.717, 1.165) is 66.4 Å². The molecule has 0 unspecified atom stereocenters. The topological polar surface area (TPSA) is 142 Å². The largest absolute Gasteiger partial charge is 0.458 e. The zero-order valence-electron chi connectivity index (χ0n) is 29.0. The molecule has 0 amide bonds. The van der Waals surface area contributed by atoms with Gasteiger partial charge in [-0.15, -0.1) is 0 Å². The summed E-state index contributed by atoms with van der Waals surface area (Å²) in [5.41, 5.74) is 2.29. The van der Waals surface area contributed by atoms with E-state index in [2.05, 4.69) is 26.3 Å². The third-order valence-corrected chi connectivity index (χ3v) is 6.28. The Labute approximate surface area is 300 Å². The van der Waals surface area contributed by atoms with Crippen LogP contribution in [0.3, 0.4) is 0 Å². The molecule has 0 radical (unpaired) electrons. The molecule has 0 fully saturated rings. The fourth-order valence-corrected chi connectivity index (χ4v) is 3.66. The minimum atomic E-state index is -0.633. The number of hydrogen-bond donors (Lipinski definition) is 0. The van der Waals surface area contributed by atoms with Gasteiger partial charge in [0.2, 0.25) is 0 Å². The summed E-state index contributed by atoms with van der Waals surface area (Å²) < 4.78 is 42.6. The molecule has 12 nitrogen and oxygen atoms in total. The maximum Gasteiger partial charge on any atom is 0.338 e. The summed E-state index contributed by atoms with van der Waals surface area (Å²) in [7, 11) is 0. The van der Waals surface area contributed by atoms with Gasteiger partial charge in [-0.1, -0.05) is 44.5 Å². The van der Waals surface area contributed by atoms with Crippen molar-refractivity contribution in [3.63, 3.8) is 0 Å². The van der Waals surface area contributed by atoms with Gasteiger partial charge in [-0.2, -0.15) is 0 Å². The van der Waals surface area contributed by atoms with Crippen LogP contribution in [-0.4, -0.2) is 23.9 Å². The van der Waals surface area contributed by atoms with Gasteiger partial charge in [0.1, 0.15) is 50.1 Å². The molecule has 3 rings (SSSR count). The van der Waals surface area contributed by atoms with Gasteiger partial charge in [0.05, 0.1) is 0 Å². The summed E-state index contributed by atoms with van der Waals surface area (Å²) in [5, 5.41) is 1.48. The van der Waals surface area contributed by atoms with E-state index in [1.54, 1.807) is 30.3 Å². The van der Waals surface area contributed by atoms with Crippen molar-refractivity contribution in [1.29, 1.82) is 0 Å². The van der Waals surface area contributed by atoms with Crippen LogP contribution in [0.1, 0.15) is 27.7 Å². The first kappa shape index (κ1) is 39.4. The first-order valence-corrected chi connectivity index (χ1v) is 15.2. The summed E-state index contributed by atoms with van der Waals surface area (Å²) >= 11 is 0. The van der Waals surface area contributed by atoms with E-state index >= 15 is 0 Å². The molecule has 0 bridgehead atoms. The molecular formula is C40H36O12. The Morgan fingerprint density at radius 3 is 1.13 bits per heavy atom. The van der Waals surface area contributed by atoms with Crippen molar-refractivity contribution >= 4 is 34.6 Å². The average molecular weight is 709 g/mol. The molecule has 268 valence electrons. The van der Waals surface area contributed by atoms with Crippen molar-refractivity contribution in [3.05, 3.63) is 147 Å². The highest BCUT2D eigenvalue weighted by Gasteiger charge is 2.12. The molecule has 12 heteroatoms. The summed E-state index contributed by atoms with van der Waals surface area (Å²) in [4.78, 5) is 46.9. The van der Waals surface area contributed by atoms with Gasteiger partial charge >= 0.3 is 23.9 Å². The van der Waals surface area contributed by atoms with Crippen molar-refractivity contribution in [2.75, 3.05) is 0 Å². The summed E-state index contributed by atoms with van der Waals surface area (Å²) in [5.74, 6) is -1.58. The Balaban J connectivity index is 1.97. The van der Waals surface area contributed by atoms with Gasteiger partial charge in [-0.3, -0.25) is 0 Å². The van der Waals surface area contributed by atoms with Crippen LogP contribution < -0.4 is 18.9 Å². The Hall–Kier alpha value is -7.08. The predicted molar refractivity (Wildman–Crippen MR) is 192 cm³/mol. The molecular weight excluding hydrogens is 672 g/mol. The van der Waals surface area contributed by atoms with Crippen molar-refractivity contribution in [1.82, 2.24) is 0 Å². The molecule has 0 spiro atoms. The van der Waals surface area contributed by atoms with E-state index in [9.17, 15) is 19.2 Å². The van der Waals surface area contributed by atoms with Crippen molar-refractivity contribution in [3.8, 4) is 34.1 Å².